The van der Waals surface area contributed by atoms with E-state index in [4.69, 9.17) is 9.47 Å². The Morgan fingerprint density at radius 3 is 2.55 bits per heavy atom. The van der Waals surface area contributed by atoms with Crippen LogP contribution in [-0.4, -0.2) is 36.1 Å². The molecule has 3 aromatic rings. The van der Waals surface area contributed by atoms with Crippen molar-refractivity contribution in [3.63, 3.8) is 0 Å². The molecule has 29 heavy (non-hydrogen) atoms. The van der Waals surface area contributed by atoms with Crippen molar-refractivity contribution in [3.05, 3.63) is 77.7 Å². The number of nitriles is 1. The molecule has 0 saturated carbocycles. The molecule has 6 nitrogen and oxygen atoms in total. The van der Waals surface area contributed by atoms with Gasteiger partial charge in [0, 0.05) is 24.4 Å². The van der Waals surface area contributed by atoms with Crippen molar-refractivity contribution >= 4 is 12.0 Å². The van der Waals surface area contributed by atoms with E-state index in [0.717, 1.165) is 5.69 Å². The predicted molar refractivity (Wildman–Crippen MR) is 105 cm³/mol. The maximum Gasteiger partial charge on any atom is 0.348 e. The van der Waals surface area contributed by atoms with E-state index < -0.39 is 5.97 Å². The zero-order chi connectivity index (χ0) is 20.6. The van der Waals surface area contributed by atoms with Crippen LogP contribution in [0.5, 0.6) is 0 Å². The van der Waals surface area contributed by atoms with E-state index in [2.05, 4.69) is 5.10 Å². The Hall–Kier alpha value is -3.76. The van der Waals surface area contributed by atoms with Gasteiger partial charge in [-0.1, -0.05) is 18.2 Å². The van der Waals surface area contributed by atoms with E-state index in [1.807, 2.05) is 36.4 Å². The second-order valence-electron chi connectivity index (χ2n) is 6.02. The van der Waals surface area contributed by atoms with E-state index in [9.17, 15) is 14.4 Å². The number of carbonyl (C=O) groups excluding carboxylic acids is 1. The van der Waals surface area contributed by atoms with Gasteiger partial charge in [0.05, 0.1) is 18.0 Å². The fourth-order valence-corrected chi connectivity index (χ4v) is 2.63. The van der Waals surface area contributed by atoms with Crippen LogP contribution in [0.4, 0.5) is 4.39 Å². The molecule has 0 N–H and O–H groups in total. The van der Waals surface area contributed by atoms with Crippen molar-refractivity contribution in [3.8, 4) is 23.0 Å². The van der Waals surface area contributed by atoms with Gasteiger partial charge in [-0.25, -0.2) is 13.9 Å². The topological polar surface area (TPSA) is 77.1 Å². The Morgan fingerprint density at radius 1 is 1.17 bits per heavy atom. The minimum Gasteiger partial charge on any atom is -0.459 e. The molecule has 0 radical (unpaired) electrons. The summed E-state index contributed by atoms with van der Waals surface area (Å²) in [5.41, 5.74) is 2.32. The van der Waals surface area contributed by atoms with E-state index in [0.29, 0.717) is 16.8 Å². The first-order valence-electron chi connectivity index (χ1n) is 8.81. The molecule has 0 atom stereocenters. The molecule has 2 aromatic carbocycles. The van der Waals surface area contributed by atoms with Gasteiger partial charge in [0.25, 0.3) is 0 Å². The summed E-state index contributed by atoms with van der Waals surface area (Å²) in [6, 6.07) is 17.1. The van der Waals surface area contributed by atoms with Gasteiger partial charge in [0.15, 0.2) is 0 Å². The van der Waals surface area contributed by atoms with Gasteiger partial charge in [0.2, 0.25) is 0 Å². The summed E-state index contributed by atoms with van der Waals surface area (Å²) >= 11 is 0. The molecule has 1 heterocycles. The second kappa shape index (κ2) is 9.44. The second-order valence-corrected chi connectivity index (χ2v) is 6.02. The number of para-hydroxylation sites is 1. The number of benzene rings is 2. The summed E-state index contributed by atoms with van der Waals surface area (Å²) in [5.74, 6) is -1.12. The molecule has 146 valence electrons. The highest BCUT2D eigenvalue weighted by atomic mass is 19.1. The molecular formula is C22H18FN3O3. The number of nitrogens with zero attached hydrogens (tertiary/aromatic N) is 3. The van der Waals surface area contributed by atoms with E-state index in [1.165, 1.54) is 25.3 Å². The molecule has 0 aliphatic heterocycles. The molecule has 0 spiro atoms. The minimum absolute atomic E-state index is 0.0441. The van der Waals surface area contributed by atoms with Crippen LogP contribution >= 0.6 is 0 Å². The normalized spacial score (nSPS) is 11.1. The summed E-state index contributed by atoms with van der Waals surface area (Å²) in [5, 5.41) is 14.0. The lowest BCUT2D eigenvalue weighted by Gasteiger charge is -2.03. The van der Waals surface area contributed by atoms with Crippen molar-refractivity contribution in [2.45, 2.75) is 0 Å². The van der Waals surface area contributed by atoms with Gasteiger partial charge in [-0.15, -0.1) is 0 Å². The lowest BCUT2D eigenvalue weighted by Crippen LogP contribution is -2.11. The maximum absolute atomic E-state index is 13.3. The van der Waals surface area contributed by atoms with Crippen LogP contribution in [0.2, 0.25) is 0 Å². The fourth-order valence-electron chi connectivity index (χ4n) is 2.63. The summed E-state index contributed by atoms with van der Waals surface area (Å²) in [7, 11) is 1.49. The monoisotopic (exact) mass is 391 g/mol. The van der Waals surface area contributed by atoms with Crippen LogP contribution in [0.15, 0.2) is 66.4 Å². The van der Waals surface area contributed by atoms with E-state index in [-0.39, 0.29) is 24.6 Å². The number of aromatic nitrogens is 2. The summed E-state index contributed by atoms with van der Waals surface area (Å²) in [6.45, 7) is 0.277. The van der Waals surface area contributed by atoms with Crippen molar-refractivity contribution in [1.29, 1.82) is 5.26 Å². The van der Waals surface area contributed by atoms with E-state index in [1.54, 1.807) is 23.0 Å². The number of methoxy groups -OCH3 is 1. The van der Waals surface area contributed by atoms with Crippen molar-refractivity contribution in [2.24, 2.45) is 0 Å². The molecule has 0 unspecified atom stereocenters. The molecule has 0 aliphatic rings. The predicted octanol–water partition coefficient (Wildman–Crippen LogP) is 3.77. The average molecular weight is 391 g/mol. The highest BCUT2D eigenvalue weighted by molar-refractivity contribution is 5.98. The summed E-state index contributed by atoms with van der Waals surface area (Å²) in [6.07, 6.45) is 3.12. The average Bonchev–Trinajstić information content (AvgIpc) is 3.17. The number of hydrogen-bond acceptors (Lipinski definition) is 5. The molecule has 3 rings (SSSR count). The number of rotatable bonds is 7. The third kappa shape index (κ3) is 4.94. The number of esters is 1. The molecule has 0 fully saturated rings. The Kier molecular flexibility index (Phi) is 6.51. The molecule has 7 heteroatoms. The molecule has 0 bridgehead atoms. The minimum atomic E-state index is -0.748. The number of carbonyl (C=O) groups is 1. The van der Waals surface area contributed by atoms with Crippen LogP contribution in [0.3, 0.4) is 0 Å². The van der Waals surface area contributed by atoms with Crippen molar-refractivity contribution in [2.75, 3.05) is 20.3 Å². The van der Waals surface area contributed by atoms with Crippen LogP contribution in [0.1, 0.15) is 5.56 Å². The van der Waals surface area contributed by atoms with Gasteiger partial charge < -0.3 is 9.47 Å². The van der Waals surface area contributed by atoms with E-state index >= 15 is 0 Å². The van der Waals surface area contributed by atoms with Crippen molar-refractivity contribution < 1.29 is 18.7 Å². The first-order valence-corrected chi connectivity index (χ1v) is 8.81. The zero-order valence-corrected chi connectivity index (χ0v) is 15.7. The quantitative estimate of drug-likeness (QED) is 0.265. The first-order chi connectivity index (χ1) is 14.1. The lowest BCUT2D eigenvalue weighted by atomic mass is 10.1. The first kappa shape index (κ1) is 20.0. The van der Waals surface area contributed by atoms with Gasteiger partial charge in [-0.05, 0) is 42.5 Å². The SMILES string of the molecule is COCCOC(=O)C(C#N)=Cc1cn(-c2ccccc2)nc1-c1ccc(F)cc1. The van der Waals surface area contributed by atoms with Crippen LogP contribution < -0.4 is 0 Å². The molecule has 0 amide bonds. The molecular weight excluding hydrogens is 373 g/mol. The zero-order valence-electron chi connectivity index (χ0n) is 15.7. The Balaban J connectivity index is 2.03. The largest absolute Gasteiger partial charge is 0.459 e. The van der Waals surface area contributed by atoms with Gasteiger partial charge >= 0.3 is 5.97 Å². The fraction of sp³-hybridized carbons (Fsp3) is 0.136. The lowest BCUT2D eigenvalue weighted by molar-refractivity contribution is -0.139. The summed E-state index contributed by atoms with van der Waals surface area (Å²) in [4.78, 5) is 12.2. The Bertz CT molecular complexity index is 1050. The number of halogens is 1. The maximum atomic E-state index is 13.3. The van der Waals surface area contributed by atoms with Crippen LogP contribution in [0, 0.1) is 17.1 Å². The Labute approximate surface area is 167 Å². The summed E-state index contributed by atoms with van der Waals surface area (Å²) < 4.78 is 24.8. The van der Waals surface area contributed by atoms with Gasteiger partial charge in [0.1, 0.15) is 24.1 Å². The highest BCUT2D eigenvalue weighted by Crippen LogP contribution is 2.26. The number of ether oxygens (including phenoxy) is 2. The third-order valence-corrected chi connectivity index (χ3v) is 4.04. The molecule has 1 aromatic heterocycles. The highest BCUT2D eigenvalue weighted by Gasteiger charge is 2.16. The smallest absolute Gasteiger partial charge is 0.348 e. The van der Waals surface area contributed by atoms with Gasteiger partial charge in [-0.2, -0.15) is 10.4 Å². The molecule has 0 saturated heterocycles. The standard InChI is InChI=1S/C22H18FN3O3/c1-28-11-12-29-22(27)17(14-24)13-18-15-26(20-5-3-2-4-6-20)25-21(18)16-7-9-19(23)10-8-16/h2-10,13,15H,11-12H2,1H3. The number of hydrogen-bond donors (Lipinski definition) is 0. The van der Waals surface area contributed by atoms with Crippen LogP contribution in [0.25, 0.3) is 23.0 Å². The van der Waals surface area contributed by atoms with Crippen molar-refractivity contribution in [1.82, 2.24) is 9.78 Å². The molecule has 0 aliphatic carbocycles. The third-order valence-electron chi connectivity index (χ3n) is 4.04. The van der Waals surface area contributed by atoms with Crippen LogP contribution in [-0.2, 0) is 14.3 Å². The Morgan fingerprint density at radius 2 is 1.90 bits per heavy atom. The van der Waals surface area contributed by atoms with Gasteiger partial charge in [-0.3, -0.25) is 0 Å².